The molecule has 1 nitrogen and oxygen atoms in total. The summed E-state index contributed by atoms with van der Waals surface area (Å²) in [6, 6.07) is 78.9. The summed E-state index contributed by atoms with van der Waals surface area (Å²) in [5.41, 5.74) is 23.5. The molecule has 56 heavy (non-hydrogen) atoms. The number of fused-ring (bicyclic) bond motifs is 7. The van der Waals surface area contributed by atoms with Crippen LogP contribution in [0.5, 0.6) is 0 Å². The van der Waals surface area contributed by atoms with Crippen LogP contribution in [0.2, 0.25) is 0 Å². The van der Waals surface area contributed by atoms with Crippen LogP contribution >= 0.6 is 0 Å². The Morgan fingerprint density at radius 3 is 1.41 bits per heavy atom. The molecule has 0 saturated carbocycles. The lowest BCUT2D eigenvalue weighted by Crippen LogP contribution is -2.28. The van der Waals surface area contributed by atoms with E-state index < -0.39 is 5.41 Å². The Hall–Kier alpha value is -7.22. The number of benzene rings is 9. The Labute approximate surface area is 327 Å². The standard InChI is InChI=1S/C55H35N/c1-4-17-36(18-5-1)55(37-19-6-2-7-20-37)49-31-13-12-24-41(49)42-34-33-39(35-50(42)55)56(38-21-8-3-9-22-38)51-32-16-30-48-53-44-26-14-27-45(53)46-28-15-29-47(54(48)51)52(46)43-25-11-10-23-40(43)44/h1-35H. The molecule has 0 aromatic heterocycles. The van der Waals surface area contributed by atoms with Crippen LogP contribution in [0.25, 0.3) is 66.8 Å². The van der Waals surface area contributed by atoms with Crippen LogP contribution in [0.3, 0.4) is 0 Å². The van der Waals surface area contributed by atoms with Gasteiger partial charge >= 0.3 is 0 Å². The third kappa shape index (κ3) is 4.15. The zero-order valence-corrected chi connectivity index (χ0v) is 30.7. The molecule has 0 aliphatic heterocycles. The van der Waals surface area contributed by atoms with Gasteiger partial charge in [0.05, 0.1) is 11.1 Å². The first-order valence-corrected chi connectivity index (χ1v) is 19.5. The van der Waals surface area contributed by atoms with E-state index >= 15 is 0 Å². The quantitative estimate of drug-likeness (QED) is 0.172. The van der Waals surface area contributed by atoms with Crippen molar-refractivity contribution in [3.63, 3.8) is 0 Å². The van der Waals surface area contributed by atoms with E-state index in [2.05, 4.69) is 217 Å². The average molecular weight is 710 g/mol. The zero-order valence-electron chi connectivity index (χ0n) is 30.7. The molecule has 1 heteroatoms. The molecule has 0 radical (unpaired) electrons. The largest absolute Gasteiger partial charge is 0.310 e. The van der Waals surface area contributed by atoms with Crippen molar-refractivity contribution in [1.29, 1.82) is 0 Å². The second-order valence-electron chi connectivity index (χ2n) is 15.1. The highest BCUT2D eigenvalue weighted by Gasteiger charge is 2.46. The van der Waals surface area contributed by atoms with Gasteiger partial charge in [-0.2, -0.15) is 0 Å². The topological polar surface area (TPSA) is 3.24 Å². The van der Waals surface area contributed by atoms with E-state index in [-0.39, 0.29) is 0 Å². The van der Waals surface area contributed by atoms with Gasteiger partial charge in [0.2, 0.25) is 0 Å². The summed E-state index contributed by atoms with van der Waals surface area (Å²) in [6.45, 7) is 0. The van der Waals surface area contributed by atoms with E-state index in [4.69, 9.17) is 0 Å². The highest BCUT2D eigenvalue weighted by atomic mass is 15.1. The van der Waals surface area contributed by atoms with Crippen molar-refractivity contribution in [2.24, 2.45) is 0 Å². The van der Waals surface area contributed by atoms with E-state index in [1.165, 1.54) is 89.0 Å². The van der Waals surface area contributed by atoms with Crippen LogP contribution in [-0.4, -0.2) is 0 Å². The van der Waals surface area contributed by atoms with Crippen molar-refractivity contribution in [3.8, 4) is 66.8 Å². The van der Waals surface area contributed by atoms with E-state index in [0.29, 0.717) is 0 Å². The Kier molecular flexibility index (Phi) is 6.62. The van der Waals surface area contributed by atoms with Crippen molar-refractivity contribution in [2.75, 3.05) is 4.90 Å². The smallest absolute Gasteiger partial charge is 0.0714 e. The monoisotopic (exact) mass is 709 g/mol. The summed E-state index contributed by atoms with van der Waals surface area (Å²) in [5, 5.41) is 0. The molecule has 0 fully saturated rings. The molecule has 12 rings (SSSR count). The van der Waals surface area contributed by atoms with Gasteiger partial charge in [-0.3, -0.25) is 0 Å². The lowest BCUT2D eigenvalue weighted by Gasteiger charge is -2.35. The SMILES string of the molecule is c1ccc(N(c2ccc3c(c2)C(c2ccccc2)(c2ccccc2)c2ccccc2-3)c2cccc3c2-c2cccc4c2-c2ccccc2-c2cccc-4c2-3)cc1. The molecule has 0 amide bonds. The molecule has 6 bridgehead atoms. The number of hydrogen-bond acceptors (Lipinski definition) is 1. The Morgan fingerprint density at radius 1 is 0.268 bits per heavy atom. The summed E-state index contributed by atoms with van der Waals surface area (Å²) >= 11 is 0. The predicted molar refractivity (Wildman–Crippen MR) is 233 cm³/mol. The molecule has 9 aromatic rings. The molecule has 3 aliphatic carbocycles. The van der Waals surface area contributed by atoms with Crippen LogP contribution in [0.1, 0.15) is 22.3 Å². The summed E-state index contributed by atoms with van der Waals surface area (Å²) in [7, 11) is 0. The Bertz CT molecular complexity index is 2950. The summed E-state index contributed by atoms with van der Waals surface area (Å²) < 4.78 is 0. The third-order valence-electron chi connectivity index (χ3n) is 12.4. The van der Waals surface area contributed by atoms with Gasteiger partial charge in [0.15, 0.2) is 0 Å². The average Bonchev–Trinajstić information content (AvgIpc) is 3.50. The third-order valence-corrected chi connectivity index (χ3v) is 12.4. The fourth-order valence-corrected chi connectivity index (χ4v) is 10.3. The van der Waals surface area contributed by atoms with Crippen molar-refractivity contribution < 1.29 is 0 Å². The van der Waals surface area contributed by atoms with Gasteiger partial charge in [0, 0.05) is 16.9 Å². The minimum Gasteiger partial charge on any atom is -0.310 e. The summed E-state index contributed by atoms with van der Waals surface area (Å²) in [6.07, 6.45) is 0. The maximum Gasteiger partial charge on any atom is 0.0714 e. The lowest BCUT2D eigenvalue weighted by molar-refractivity contribution is 0.768. The fourth-order valence-electron chi connectivity index (χ4n) is 10.3. The second kappa shape index (κ2) is 11.9. The molecule has 0 saturated heterocycles. The van der Waals surface area contributed by atoms with E-state index in [9.17, 15) is 0 Å². The summed E-state index contributed by atoms with van der Waals surface area (Å²) in [4.78, 5) is 2.50. The molecule has 3 aliphatic rings. The molecular formula is C55H35N. The van der Waals surface area contributed by atoms with Crippen molar-refractivity contribution >= 4 is 17.1 Å². The van der Waals surface area contributed by atoms with E-state index in [1.54, 1.807) is 0 Å². The van der Waals surface area contributed by atoms with Crippen molar-refractivity contribution in [2.45, 2.75) is 5.41 Å². The van der Waals surface area contributed by atoms with Gasteiger partial charge < -0.3 is 4.90 Å². The fraction of sp³-hybridized carbons (Fsp3) is 0.0182. The van der Waals surface area contributed by atoms with Crippen LogP contribution in [-0.2, 0) is 5.41 Å². The number of rotatable bonds is 5. The maximum absolute atomic E-state index is 2.50. The molecular weight excluding hydrogens is 675 g/mol. The number of para-hydroxylation sites is 1. The van der Waals surface area contributed by atoms with Gasteiger partial charge in [-0.25, -0.2) is 0 Å². The Morgan fingerprint density at radius 2 is 0.732 bits per heavy atom. The second-order valence-corrected chi connectivity index (χ2v) is 15.1. The van der Waals surface area contributed by atoms with Crippen molar-refractivity contribution in [1.82, 2.24) is 0 Å². The summed E-state index contributed by atoms with van der Waals surface area (Å²) in [5.74, 6) is 0. The lowest BCUT2D eigenvalue weighted by atomic mass is 9.67. The molecule has 0 unspecified atom stereocenters. The zero-order chi connectivity index (χ0) is 36.8. The number of nitrogens with zero attached hydrogens (tertiary/aromatic N) is 1. The van der Waals surface area contributed by atoms with E-state index in [0.717, 1.165) is 17.1 Å². The van der Waals surface area contributed by atoms with Gasteiger partial charge in [-0.1, -0.05) is 182 Å². The van der Waals surface area contributed by atoms with E-state index in [1.807, 2.05) is 0 Å². The Balaban J connectivity index is 1.17. The minimum atomic E-state index is -0.500. The van der Waals surface area contributed by atoms with Crippen LogP contribution in [0.4, 0.5) is 17.1 Å². The van der Waals surface area contributed by atoms with Gasteiger partial charge in [0.25, 0.3) is 0 Å². The van der Waals surface area contributed by atoms with Crippen molar-refractivity contribution in [3.05, 3.63) is 235 Å². The van der Waals surface area contributed by atoms with Gasteiger partial charge in [-0.05, 0) is 114 Å². The molecule has 0 spiro atoms. The van der Waals surface area contributed by atoms with Gasteiger partial charge in [0.1, 0.15) is 0 Å². The van der Waals surface area contributed by atoms with Gasteiger partial charge in [-0.15, -0.1) is 0 Å². The number of anilines is 3. The maximum atomic E-state index is 2.50. The molecule has 9 aromatic carbocycles. The predicted octanol–water partition coefficient (Wildman–Crippen LogP) is 14.5. The number of hydrogen-bond donors (Lipinski definition) is 0. The first kappa shape index (κ1) is 31.2. The first-order valence-electron chi connectivity index (χ1n) is 19.5. The van der Waals surface area contributed by atoms with Crippen LogP contribution < -0.4 is 4.90 Å². The molecule has 0 atom stereocenters. The molecule has 0 heterocycles. The first-order chi connectivity index (χ1) is 27.8. The molecule has 0 N–H and O–H groups in total. The minimum absolute atomic E-state index is 0.500. The van der Waals surface area contributed by atoms with Crippen LogP contribution in [0, 0.1) is 0 Å². The normalized spacial score (nSPS) is 13.1. The highest BCUT2D eigenvalue weighted by Crippen LogP contribution is 2.61. The highest BCUT2D eigenvalue weighted by molar-refractivity contribution is 6.17. The molecule has 260 valence electrons. The van der Waals surface area contributed by atoms with Crippen LogP contribution in [0.15, 0.2) is 212 Å².